The molecule has 28 heavy (non-hydrogen) atoms. The van der Waals surface area contributed by atoms with Crippen molar-refractivity contribution >= 4 is 21.7 Å². The first-order valence-corrected chi connectivity index (χ1v) is 10.2. The van der Waals surface area contributed by atoms with E-state index in [1.54, 1.807) is 24.3 Å². The Bertz CT molecular complexity index is 1050. The minimum Gasteiger partial charge on any atom is -0.495 e. The number of aromatic nitrogens is 2. The van der Waals surface area contributed by atoms with Gasteiger partial charge in [-0.2, -0.15) is 0 Å². The summed E-state index contributed by atoms with van der Waals surface area (Å²) in [6, 6.07) is 16.4. The van der Waals surface area contributed by atoms with Gasteiger partial charge >= 0.3 is 0 Å². The first-order chi connectivity index (χ1) is 13.4. The first kappa shape index (κ1) is 19.6. The van der Waals surface area contributed by atoms with Crippen molar-refractivity contribution in [3.05, 3.63) is 71.3 Å². The molecule has 3 aromatic rings. The van der Waals surface area contributed by atoms with Crippen LogP contribution in [0.2, 0.25) is 0 Å². The lowest BCUT2D eigenvalue weighted by atomic mass is 10.1. The standard InChI is InChI=1S/C20H22N4O3S/c1-14-11-17(27-3)18(12-15(14)2)28(25,26)24-20-10-9-19(22-23-20)21-13-16-7-5-4-6-8-16/h4-12H,13H2,1-3H3,(H,21,22)(H,23,24). The molecule has 0 atom stereocenters. The number of aryl methyl sites for hydroxylation is 2. The highest BCUT2D eigenvalue weighted by Crippen LogP contribution is 2.28. The monoisotopic (exact) mass is 398 g/mol. The van der Waals surface area contributed by atoms with Crippen molar-refractivity contribution in [1.29, 1.82) is 0 Å². The van der Waals surface area contributed by atoms with Crippen molar-refractivity contribution in [2.45, 2.75) is 25.3 Å². The molecule has 0 radical (unpaired) electrons. The summed E-state index contributed by atoms with van der Waals surface area (Å²) < 4.78 is 33.2. The first-order valence-electron chi connectivity index (χ1n) is 8.68. The molecule has 2 N–H and O–H groups in total. The summed E-state index contributed by atoms with van der Waals surface area (Å²) in [6.45, 7) is 4.34. The van der Waals surface area contributed by atoms with Gasteiger partial charge < -0.3 is 10.1 Å². The number of rotatable bonds is 7. The van der Waals surface area contributed by atoms with Crippen LogP contribution < -0.4 is 14.8 Å². The van der Waals surface area contributed by atoms with Crippen LogP contribution in [0.25, 0.3) is 0 Å². The summed E-state index contributed by atoms with van der Waals surface area (Å²) in [4.78, 5) is 0.0613. The molecule has 0 spiro atoms. The lowest BCUT2D eigenvalue weighted by molar-refractivity contribution is 0.402. The minimum atomic E-state index is -3.86. The number of benzene rings is 2. The number of sulfonamides is 1. The van der Waals surface area contributed by atoms with Crippen LogP contribution in [0.15, 0.2) is 59.5 Å². The smallest absolute Gasteiger partial charge is 0.266 e. The zero-order valence-corrected chi connectivity index (χ0v) is 16.7. The lowest BCUT2D eigenvalue weighted by Gasteiger charge is -2.13. The summed E-state index contributed by atoms with van der Waals surface area (Å²) in [5.41, 5.74) is 2.91. The molecule has 7 nitrogen and oxygen atoms in total. The third-order valence-electron chi connectivity index (χ3n) is 4.29. The molecule has 0 aliphatic heterocycles. The van der Waals surface area contributed by atoms with Gasteiger partial charge in [0.1, 0.15) is 16.5 Å². The van der Waals surface area contributed by atoms with E-state index in [2.05, 4.69) is 20.2 Å². The van der Waals surface area contributed by atoms with E-state index in [9.17, 15) is 8.42 Å². The molecule has 0 saturated heterocycles. The summed E-state index contributed by atoms with van der Waals surface area (Å²) in [5, 5.41) is 11.1. The van der Waals surface area contributed by atoms with E-state index in [-0.39, 0.29) is 16.5 Å². The largest absolute Gasteiger partial charge is 0.495 e. The maximum atomic E-state index is 12.8. The predicted octanol–water partition coefficient (Wildman–Crippen LogP) is 3.51. The number of ether oxygens (including phenoxy) is 1. The van der Waals surface area contributed by atoms with Gasteiger partial charge in [0.25, 0.3) is 10.0 Å². The summed E-state index contributed by atoms with van der Waals surface area (Å²) in [5.74, 6) is 0.964. The van der Waals surface area contributed by atoms with Crippen molar-refractivity contribution in [3.63, 3.8) is 0 Å². The molecule has 3 rings (SSSR count). The highest BCUT2D eigenvalue weighted by molar-refractivity contribution is 7.92. The van der Waals surface area contributed by atoms with Gasteiger partial charge in [-0.3, -0.25) is 4.72 Å². The second-order valence-electron chi connectivity index (χ2n) is 6.34. The van der Waals surface area contributed by atoms with Crippen LogP contribution >= 0.6 is 0 Å². The fourth-order valence-corrected chi connectivity index (χ4v) is 3.83. The maximum absolute atomic E-state index is 12.8. The summed E-state index contributed by atoms with van der Waals surface area (Å²) in [7, 11) is -2.42. The fraction of sp³-hybridized carbons (Fsp3) is 0.200. The molecule has 0 aliphatic carbocycles. The van der Waals surface area contributed by atoms with Crippen LogP contribution in [0.4, 0.5) is 11.6 Å². The third kappa shape index (κ3) is 4.58. The Morgan fingerprint density at radius 3 is 2.21 bits per heavy atom. The number of nitrogens with one attached hydrogen (secondary N) is 2. The second-order valence-corrected chi connectivity index (χ2v) is 7.99. The van der Waals surface area contributed by atoms with E-state index in [0.29, 0.717) is 12.4 Å². The predicted molar refractivity (Wildman–Crippen MR) is 109 cm³/mol. The van der Waals surface area contributed by atoms with Gasteiger partial charge in [-0.1, -0.05) is 30.3 Å². The Morgan fingerprint density at radius 2 is 1.57 bits per heavy atom. The SMILES string of the molecule is COc1cc(C)c(C)cc1S(=O)(=O)Nc1ccc(NCc2ccccc2)nn1. The zero-order chi connectivity index (χ0) is 20.1. The van der Waals surface area contributed by atoms with E-state index < -0.39 is 10.0 Å². The highest BCUT2D eigenvalue weighted by Gasteiger charge is 2.21. The van der Waals surface area contributed by atoms with Crippen LogP contribution in [-0.4, -0.2) is 25.7 Å². The van der Waals surface area contributed by atoms with Gasteiger partial charge in [-0.05, 0) is 54.8 Å². The molecule has 0 fully saturated rings. The molecule has 0 aliphatic rings. The Labute approximate surface area is 164 Å². The second kappa shape index (κ2) is 8.26. The summed E-state index contributed by atoms with van der Waals surface area (Å²) >= 11 is 0. The lowest BCUT2D eigenvalue weighted by Crippen LogP contribution is -2.16. The minimum absolute atomic E-state index is 0.0613. The summed E-state index contributed by atoms with van der Waals surface area (Å²) in [6.07, 6.45) is 0. The average Bonchev–Trinajstić information content (AvgIpc) is 2.69. The van der Waals surface area contributed by atoms with Crippen molar-refractivity contribution in [2.75, 3.05) is 17.1 Å². The molecule has 1 heterocycles. The van der Waals surface area contributed by atoms with Crippen LogP contribution in [0.5, 0.6) is 5.75 Å². The van der Waals surface area contributed by atoms with Crippen molar-refractivity contribution in [3.8, 4) is 5.75 Å². The van der Waals surface area contributed by atoms with Crippen LogP contribution in [-0.2, 0) is 16.6 Å². The topological polar surface area (TPSA) is 93.2 Å². The fourth-order valence-electron chi connectivity index (χ4n) is 2.59. The van der Waals surface area contributed by atoms with E-state index in [1.807, 2.05) is 44.2 Å². The Morgan fingerprint density at radius 1 is 0.929 bits per heavy atom. The van der Waals surface area contributed by atoms with Gasteiger partial charge in [0, 0.05) is 6.54 Å². The molecule has 0 amide bonds. The van der Waals surface area contributed by atoms with E-state index in [4.69, 9.17) is 4.74 Å². The molecule has 1 aromatic heterocycles. The molecule has 2 aromatic carbocycles. The normalized spacial score (nSPS) is 11.1. The van der Waals surface area contributed by atoms with E-state index in [0.717, 1.165) is 16.7 Å². The van der Waals surface area contributed by atoms with Gasteiger partial charge in [-0.25, -0.2) is 8.42 Å². The Kier molecular flexibility index (Phi) is 5.79. The van der Waals surface area contributed by atoms with Crippen molar-refractivity contribution < 1.29 is 13.2 Å². The number of anilines is 2. The highest BCUT2D eigenvalue weighted by atomic mass is 32.2. The molecule has 0 saturated carbocycles. The zero-order valence-electron chi connectivity index (χ0n) is 15.9. The molecular weight excluding hydrogens is 376 g/mol. The van der Waals surface area contributed by atoms with Crippen LogP contribution in [0.1, 0.15) is 16.7 Å². The van der Waals surface area contributed by atoms with E-state index >= 15 is 0 Å². The van der Waals surface area contributed by atoms with Crippen LogP contribution in [0.3, 0.4) is 0 Å². The van der Waals surface area contributed by atoms with Gasteiger partial charge in [-0.15, -0.1) is 10.2 Å². The third-order valence-corrected chi connectivity index (χ3v) is 5.67. The molecular formula is C20H22N4O3S. The van der Waals surface area contributed by atoms with Gasteiger partial charge in [0.15, 0.2) is 5.82 Å². The molecule has 0 unspecified atom stereocenters. The molecule has 146 valence electrons. The number of hydrogen-bond acceptors (Lipinski definition) is 6. The number of nitrogens with zero attached hydrogens (tertiary/aromatic N) is 2. The van der Waals surface area contributed by atoms with Gasteiger partial charge in [0.05, 0.1) is 7.11 Å². The van der Waals surface area contributed by atoms with Gasteiger partial charge in [0.2, 0.25) is 0 Å². The molecule has 8 heteroatoms. The van der Waals surface area contributed by atoms with Crippen molar-refractivity contribution in [1.82, 2.24) is 10.2 Å². The quantitative estimate of drug-likeness (QED) is 0.633. The van der Waals surface area contributed by atoms with Crippen LogP contribution in [0, 0.1) is 13.8 Å². The maximum Gasteiger partial charge on any atom is 0.266 e. The number of hydrogen-bond donors (Lipinski definition) is 2. The Balaban J connectivity index is 1.73. The van der Waals surface area contributed by atoms with E-state index in [1.165, 1.54) is 7.11 Å². The Hall–Kier alpha value is -3.13. The molecule has 0 bridgehead atoms. The number of methoxy groups -OCH3 is 1. The van der Waals surface area contributed by atoms with Crippen molar-refractivity contribution in [2.24, 2.45) is 0 Å². The average molecular weight is 398 g/mol.